The minimum absolute atomic E-state index is 0.356. The van der Waals surface area contributed by atoms with Gasteiger partial charge in [0.05, 0.1) is 12.7 Å². The number of hydrogen-bond acceptors (Lipinski definition) is 4. The number of nitrogens with zero attached hydrogens (tertiary/aromatic N) is 1. The molecule has 0 aliphatic carbocycles. The normalized spacial score (nSPS) is 10.4. The van der Waals surface area contributed by atoms with Crippen molar-refractivity contribution in [3.8, 4) is 17.1 Å². The zero-order valence-corrected chi connectivity index (χ0v) is 10.5. The predicted octanol–water partition coefficient (Wildman–Crippen LogP) is 3.00. The van der Waals surface area contributed by atoms with Crippen LogP contribution in [0, 0.1) is 6.92 Å². The van der Waals surface area contributed by atoms with Crippen molar-refractivity contribution in [2.24, 2.45) is 0 Å². The van der Waals surface area contributed by atoms with E-state index in [4.69, 9.17) is 15.0 Å². The van der Waals surface area contributed by atoms with Crippen molar-refractivity contribution in [1.82, 2.24) is 5.16 Å². The van der Waals surface area contributed by atoms with Crippen LogP contribution in [0.5, 0.6) is 5.75 Å². The third-order valence-corrected chi connectivity index (χ3v) is 2.70. The summed E-state index contributed by atoms with van der Waals surface area (Å²) in [6.07, 6.45) is 0. The van der Waals surface area contributed by atoms with Crippen molar-refractivity contribution < 1.29 is 9.26 Å². The van der Waals surface area contributed by atoms with Gasteiger partial charge in [0.15, 0.2) is 11.6 Å². The van der Waals surface area contributed by atoms with Crippen LogP contribution in [0.2, 0.25) is 0 Å². The van der Waals surface area contributed by atoms with E-state index in [0.29, 0.717) is 11.6 Å². The highest BCUT2D eigenvalue weighted by atomic mass is 79.9. The zero-order chi connectivity index (χ0) is 11.7. The van der Waals surface area contributed by atoms with Crippen molar-refractivity contribution >= 4 is 21.7 Å². The molecule has 5 heteroatoms. The van der Waals surface area contributed by atoms with Crippen LogP contribution in [0.3, 0.4) is 0 Å². The molecule has 2 aromatic rings. The number of halogens is 1. The van der Waals surface area contributed by atoms with E-state index in [2.05, 4.69) is 21.1 Å². The Morgan fingerprint density at radius 3 is 2.69 bits per heavy atom. The van der Waals surface area contributed by atoms with Gasteiger partial charge < -0.3 is 15.0 Å². The molecule has 0 atom stereocenters. The Balaban J connectivity index is 2.63. The number of anilines is 1. The molecule has 0 saturated carbocycles. The summed E-state index contributed by atoms with van der Waals surface area (Å²) >= 11 is 3.43. The number of benzene rings is 1. The minimum Gasteiger partial charge on any atom is -0.496 e. The molecular formula is C11H11BrN2O2. The Morgan fingerprint density at radius 1 is 1.38 bits per heavy atom. The van der Waals surface area contributed by atoms with Crippen molar-refractivity contribution in [3.63, 3.8) is 0 Å². The number of aromatic nitrogens is 1. The lowest BCUT2D eigenvalue weighted by molar-refractivity contribution is 0.404. The SMILES string of the molecule is COc1c(C)cc(Br)cc1-c1cc(N)no1. The van der Waals surface area contributed by atoms with E-state index in [1.54, 1.807) is 13.2 Å². The molecule has 2 N–H and O–H groups in total. The summed E-state index contributed by atoms with van der Waals surface area (Å²) in [4.78, 5) is 0. The standard InChI is InChI=1S/C11H11BrN2O2/c1-6-3-7(12)4-8(11(6)15-2)9-5-10(13)14-16-9/h3-5H,1-2H3,(H2,13,14). The van der Waals surface area contributed by atoms with Crippen molar-refractivity contribution in [2.45, 2.75) is 6.92 Å². The number of hydrogen-bond donors (Lipinski definition) is 1. The lowest BCUT2D eigenvalue weighted by Crippen LogP contribution is -1.91. The largest absolute Gasteiger partial charge is 0.496 e. The number of ether oxygens (including phenoxy) is 1. The van der Waals surface area contributed by atoms with Crippen molar-refractivity contribution in [3.05, 3.63) is 28.2 Å². The second-order valence-electron chi connectivity index (χ2n) is 3.42. The molecule has 84 valence electrons. The quantitative estimate of drug-likeness (QED) is 0.920. The lowest BCUT2D eigenvalue weighted by atomic mass is 10.1. The van der Waals surface area contributed by atoms with Gasteiger partial charge in [-0.3, -0.25) is 0 Å². The van der Waals surface area contributed by atoms with Gasteiger partial charge in [0.25, 0.3) is 0 Å². The van der Waals surface area contributed by atoms with Crippen LogP contribution in [-0.2, 0) is 0 Å². The fourth-order valence-corrected chi connectivity index (χ4v) is 2.17. The monoisotopic (exact) mass is 282 g/mol. The minimum atomic E-state index is 0.356. The van der Waals surface area contributed by atoms with E-state index in [1.807, 2.05) is 19.1 Å². The lowest BCUT2D eigenvalue weighted by Gasteiger charge is -2.09. The topological polar surface area (TPSA) is 61.3 Å². The predicted molar refractivity (Wildman–Crippen MR) is 65.3 cm³/mol. The summed E-state index contributed by atoms with van der Waals surface area (Å²) in [5.74, 6) is 1.72. The third kappa shape index (κ3) is 1.90. The number of nitrogens with two attached hydrogens (primary N) is 1. The van der Waals surface area contributed by atoms with Crippen molar-refractivity contribution in [1.29, 1.82) is 0 Å². The summed E-state index contributed by atoms with van der Waals surface area (Å²) in [6.45, 7) is 1.97. The van der Waals surface area contributed by atoms with E-state index in [1.165, 1.54) is 0 Å². The van der Waals surface area contributed by atoms with Crippen molar-refractivity contribution in [2.75, 3.05) is 12.8 Å². The molecule has 4 nitrogen and oxygen atoms in total. The van der Waals surface area contributed by atoms with Gasteiger partial charge in [-0.2, -0.15) is 0 Å². The summed E-state index contributed by atoms with van der Waals surface area (Å²) in [5, 5.41) is 3.66. The maximum atomic E-state index is 5.53. The fraction of sp³-hybridized carbons (Fsp3) is 0.182. The van der Waals surface area contributed by atoms with E-state index in [-0.39, 0.29) is 0 Å². The first-order chi connectivity index (χ1) is 7.61. The average Bonchev–Trinajstić information content (AvgIpc) is 2.63. The highest BCUT2D eigenvalue weighted by Crippen LogP contribution is 2.36. The molecule has 0 amide bonds. The summed E-state index contributed by atoms with van der Waals surface area (Å²) in [5.41, 5.74) is 7.37. The average molecular weight is 283 g/mol. The van der Waals surface area contributed by atoms with Crippen LogP contribution in [-0.4, -0.2) is 12.3 Å². The van der Waals surface area contributed by atoms with Crippen LogP contribution in [0.1, 0.15) is 5.56 Å². The molecule has 0 aliphatic heterocycles. The number of methoxy groups -OCH3 is 1. The fourth-order valence-electron chi connectivity index (χ4n) is 1.60. The summed E-state index contributed by atoms with van der Waals surface area (Å²) < 4.78 is 11.4. The maximum absolute atomic E-state index is 5.53. The molecule has 1 heterocycles. The van der Waals surface area contributed by atoms with Crippen LogP contribution in [0.15, 0.2) is 27.2 Å². The van der Waals surface area contributed by atoms with E-state index in [9.17, 15) is 0 Å². The molecular weight excluding hydrogens is 272 g/mol. The second-order valence-corrected chi connectivity index (χ2v) is 4.34. The van der Waals surface area contributed by atoms with Gasteiger partial charge in [-0.1, -0.05) is 21.1 Å². The number of nitrogen functional groups attached to an aromatic ring is 1. The molecule has 0 spiro atoms. The van der Waals surface area contributed by atoms with E-state index in [0.717, 1.165) is 21.3 Å². The highest BCUT2D eigenvalue weighted by molar-refractivity contribution is 9.10. The molecule has 1 aromatic carbocycles. The first kappa shape index (κ1) is 11.0. The van der Waals surface area contributed by atoms with Gasteiger partial charge in [-0.05, 0) is 24.6 Å². The first-order valence-electron chi connectivity index (χ1n) is 4.68. The Kier molecular flexibility index (Phi) is 2.87. The maximum Gasteiger partial charge on any atom is 0.172 e. The molecule has 0 unspecified atom stereocenters. The molecule has 16 heavy (non-hydrogen) atoms. The molecule has 2 rings (SSSR count). The Hall–Kier alpha value is -1.49. The summed E-state index contributed by atoms with van der Waals surface area (Å²) in [6, 6.07) is 5.55. The Bertz CT molecular complexity index is 523. The van der Waals surface area contributed by atoms with Gasteiger partial charge in [0.2, 0.25) is 0 Å². The van der Waals surface area contributed by atoms with Crippen LogP contribution >= 0.6 is 15.9 Å². The first-order valence-corrected chi connectivity index (χ1v) is 5.48. The van der Waals surface area contributed by atoms with E-state index < -0.39 is 0 Å². The van der Waals surface area contributed by atoms with Gasteiger partial charge >= 0.3 is 0 Å². The molecule has 1 aromatic heterocycles. The second kappa shape index (κ2) is 4.17. The molecule has 0 aliphatic rings. The highest BCUT2D eigenvalue weighted by Gasteiger charge is 2.14. The molecule has 0 saturated heterocycles. The van der Waals surface area contributed by atoms with Crippen LogP contribution < -0.4 is 10.5 Å². The van der Waals surface area contributed by atoms with Gasteiger partial charge in [-0.25, -0.2) is 0 Å². The molecule has 0 fully saturated rings. The van der Waals surface area contributed by atoms with Gasteiger partial charge in [0, 0.05) is 10.5 Å². The number of aryl methyl sites for hydroxylation is 1. The van der Waals surface area contributed by atoms with Crippen LogP contribution in [0.25, 0.3) is 11.3 Å². The molecule has 0 radical (unpaired) electrons. The van der Waals surface area contributed by atoms with Gasteiger partial charge in [0.1, 0.15) is 5.75 Å². The Labute approximate surface area is 102 Å². The molecule has 0 bridgehead atoms. The summed E-state index contributed by atoms with van der Waals surface area (Å²) in [7, 11) is 1.62. The third-order valence-electron chi connectivity index (χ3n) is 2.24. The van der Waals surface area contributed by atoms with Crippen LogP contribution in [0.4, 0.5) is 5.82 Å². The smallest absolute Gasteiger partial charge is 0.172 e. The number of rotatable bonds is 2. The van der Waals surface area contributed by atoms with E-state index >= 15 is 0 Å². The Morgan fingerprint density at radius 2 is 2.12 bits per heavy atom. The zero-order valence-electron chi connectivity index (χ0n) is 8.95. The van der Waals surface area contributed by atoms with Gasteiger partial charge in [-0.15, -0.1) is 0 Å².